The van der Waals surface area contributed by atoms with E-state index in [1.165, 1.54) is 0 Å². The summed E-state index contributed by atoms with van der Waals surface area (Å²) in [6.45, 7) is 0.307. The van der Waals surface area contributed by atoms with Gasteiger partial charge in [0.2, 0.25) is 5.75 Å². The van der Waals surface area contributed by atoms with Crippen LogP contribution in [0.5, 0.6) is 34.5 Å². The molecule has 0 spiro atoms. The van der Waals surface area contributed by atoms with E-state index in [2.05, 4.69) is 7.11 Å². The van der Waals surface area contributed by atoms with E-state index in [1.807, 2.05) is 103 Å². The molecule has 0 aliphatic rings. The maximum Gasteiger partial charge on any atom is 0.212 e. The van der Waals surface area contributed by atoms with Crippen molar-refractivity contribution in [3.63, 3.8) is 0 Å². The summed E-state index contributed by atoms with van der Waals surface area (Å²) in [6.07, 6.45) is 0. The Balaban J connectivity index is 1.80. The van der Waals surface area contributed by atoms with Crippen LogP contribution in [0.15, 0.2) is 103 Å². The average Bonchev–Trinajstić information content (AvgIpc) is 2.78. The topological polar surface area (TPSA) is 36.9 Å². The molecule has 4 nitrogen and oxygen atoms in total. The number of rotatable bonds is 8. The van der Waals surface area contributed by atoms with Gasteiger partial charge in [-0.05, 0) is 54.1 Å². The summed E-state index contributed by atoms with van der Waals surface area (Å²) in [5.74, 6) is 3.56. The predicted molar refractivity (Wildman–Crippen MR) is 116 cm³/mol. The fourth-order valence-electron chi connectivity index (χ4n) is 2.92. The lowest BCUT2D eigenvalue weighted by molar-refractivity contribution is 0.228. The van der Waals surface area contributed by atoms with E-state index in [-0.39, 0.29) is 0 Å². The maximum atomic E-state index is 6.21. The highest BCUT2D eigenvalue weighted by atomic mass is 16.5. The Bertz CT molecular complexity index is 1000. The molecule has 0 atom stereocenters. The molecule has 0 heterocycles. The molecule has 4 aromatic rings. The minimum absolute atomic E-state index is 0.307. The largest absolute Gasteiger partial charge is 0.453 e. The zero-order valence-corrected chi connectivity index (χ0v) is 16.4. The summed E-state index contributed by atoms with van der Waals surface area (Å²) in [5.41, 5.74) is 0.849. The zero-order valence-electron chi connectivity index (χ0n) is 16.4. The maximum absolute atomic E-state index is 6.21. The van der Waals surface area contributed by atoms with Crippen molar-refractivity contribution in [2.24, 2.45) is 0 Å². The first kappa shape index (κ1) is 19.6. The van der Waals surface area contributed by atoms with E-state index in [1.54, 1.807) is 0 Å². The lowest BCUT2D eigenvalue weighted by Crippen LogP contribution is -1.97. The van der Waals surface area contributed by atoms with Crippen LogP contribution in [0.2, 0.25) is 0 Å². The molecule has 0 saturated carbocycles. The van der Waals surface area contributed by atoms with Crippen molar-refractivity contribution in [3.8, 4) is 34.5 Å². The summed E-state index contributed by atoms with van der Waals surface area (Å²) in [5, 5.41) is 0. The van der Waals surface area contributed by atoms with E-state index in [0.717, 1.165) is 5.56 Å². The molecular formula is C26H21O4. The van der Waals surface area contributed by atoms with Gasteiger partial charge in [0.25, 0.3) is 0 Å². The van der Waals surface area contributed by atoms with Crippen molar-refractivity contribution < 1.29 is 18.9 Å². The van der Waals surface area contributed by atoms with E-state index < -0.39 is 0 Å². The van der Waals surface area contributed by atoms with Gasteiger partial charge in [0, 0.05) is 0 Å². The summed E-state index contributed by atoms with van der Waals surface area (Å²) in [4.78, 5) is 0. The molecule has 0 bridgehead atoms. The smallest absolute Gasteiger partial charge is 0.212 e. The molecule has 30 heavy (non-hydrogen) atoms. The van der Waals surface area contributed by atoms with Crippen molar-refractivity contribution in [2.45, 2.75) is 6.61 Å². The molecule has 149 valence electrons. The van der Waals surface area contributed by atoms with Crippen LogP contribution < -0.4 is 14.2 Å². The average molecular weight is 397 g/mol. The van der Waals surface area contributed by atoms with Gasteiger partial charge in [-0.2, -0.15) is 0 Å². The van der Waals surface area contributed by atoms with Crippen molar-refractivity contribution >= 4 is 0 Å². The van der Waals surface area contributed by atoms with Crippen LogP contribution in [0.3, 0.4) is 0 Å². The Kier molecular flexibility index (Phi) is 6.28. The van der Waals surface area contributed by atoms with Crippen LogP contribution in [0.1, 0.15) is 5.56 Å². The third-order valence-electron chi connectivity index (χ3n) is 4.25. The van der Waals surface area contributed by atoms with E-state index in [0.29, 0.717) is 41.1 Å². The molecule has 4 aromatic carbocycles. The first-order chi connectivity index (χ1) is 14.8. The third kappa shape index (κ3) is 4.99. The normalized spacial score (nSPS) is 10.4. The Labute approximate surface area is 176 Å². The number of benzene rings is 4. The molecular weight excluding hydrogens is 376 g/mol. The molecule has 0 N–H and O–H groups in total. The lowest BCUT2D eigenvalue weighted by Gasteiger charge is -2.18. The predicted octanol–water partition coefficient (Wildman–Crippen LogP) is 7.37. The lowest BCUT2D eigenvalue weighted by atomic mass is 10.2. The molecule has 0 saturated heterocycles. The van der Waals surface area contributed by atoms with Gasteiger partial charge in [-0.15, -0.1) is 0 Å². The van der Waals surface area contributed by atoms with Gasteiger partial charge in [0.15, 0.2) is 11.5 Å². The van der Waals surface area contributed by atoms with Gasteiger partial charge >= 0.3 is 0 Å². The van der Waals surface area contributed by atoms with Gasteiger partial charge < -0.3 is 18.9 Å². The van der Waals surface area contributed by atoms with Gasteiger partial charge in [-0.25, -0.2) is 0 Å². The number of para-hydroxylation sites is 3. The van der Waals surface area contributed by atoms with Crippen molar-refractivity contribution in [1.82, 2.24) is 0 Å². The standard InChI is InChI=1S/C26H21O4/c1-27-19-20-17-24(28-21-11-5-2-6-12-21)26(30-23-15-9-4-10-16-23)25(18-20)29-22-13-7-3-8-14-22/h2-18H,1,19H2. The third-order valence-corrected chi connectivity index (χ3v) is 4.25. The minimum Gasteiger partial charge on any atom is -0.453 e. The quantitative estimate of drug-likeness (QED) is 0.311. The number of hydrogen-bond acceptors (Lipinski definition) is 4. The van der Waals surface area contributed by atoms with Gasteiger partial charge in [-0.3, -0.25) is 0 Å². The Hall–Kier alpha value is -3.76. The van der Waals surface area contributed by atoms with E-state index in [9.17, 15) is 0 Å². The second-order valence-corrected chi connectivity index (χ2v) is 6.52. The first-order valence-electron chi connectivity index (χ1n) is 9.54. The van der Waals surface area contributed by atoms with Gasteiger partial charge in [0.05, 0.1) is 13.7 Å². The fourth-order valence-corrected chi connectivity index (χ4v) is 2.92. The van der Waals surface area contributed by atoms with Crippen molar-refractivity contribution in [1.29, 1.82) is 0 Å². The molecule has 4 rings (SSSR count). The molecule has 0 aromatic heterocycles. The molecule has 1 radical (unpaired) electrons. The fraction of sp³-hybridized carbons (Fsp3) is 0.0385. The van der Waals surface area contributed by atoms with Gasteiger partial charge in [0.1, 0.15) is 17.2 Å². The monoisotopic (exact) mass is 397 g/mol. The number of hydrogen-bond donors (Lipinski definition) is 0. The molecule has 4 heteroatoms. The van der Waals surface area contributed by atoms with Crippen LogP contribution in [-0.4, -0.2) is 0 Å². The van der Waals surface area contributed by atoms with Crippen LogP contribution in [0.25, 0.3) is 0 Å². The Morgan fingerprint density at radius 2 is 0.933 bits per heavy atom. The number of ether oxygens (including phenoxy) is 4. The molecule has 0 aliphatic carbocycles. The minimum atomic E-state index is 0.307. The second-order valence-electron chi connectivity index (χ2n) is 6.52. The van der Waals surface area contributed by atoms with Crippen molar-refractivity contribution in [2.75, 3.05) is 0 Å². The van der Waals surface area contributed by atoms with Crippen LogP contribution in [0, 0.1) is 7.11 Å². The van der Waals surface area contributed by atoms with E-state index >= 15 is 0 Å². The summed E-state index contributed by atoms with van der Waals surface area (Å²) in [6, 6.07) is 32.3. The Morgan fingerprint density at radius 3 is 1.33 bits per heavy atom. The SMILES string of the molecule is [CH2]OCc1cc(Oc2ccccc2)c(Oc2ccccc2)c(Oc2ccccc2)c1. The molecule has 0 fully saturated rings. The Morgan fingerprint density at radius 1 is 0.533 bits per heavy atom. The molecule has 0 amide bonds. The summed E-state index contributed by atoms with van der Waals surface area (Å²) >= 11 is 0. The molecule has 0 unspecified atom stereocenters. The van der Waals surface area contributed by atoms with Crippen molar-refractivity contribution in [3.05, 3.63) is 116 Å². The van der Waals surface area contributed by atoms with E-state index in [4.69, 9.17) is 18.9 Å². The van der Waals surface area contributed by atoms with Crippen LogP contribution in [-0.2, 0) is 11.3 Å². The summed E-state index contributed by atoms with van der Waals surface area (Å²) in [7, 11) is 3.49. The van der Waals surface area contributed by atoms with Gasteiger partial charge in [-0.1, -0.05) is 54.6 Å². The van der Waals surface area contributed by atoms with Crippen LogP contribution >= 0.6 is 0 Å². The highest BCUT2D eigenvalue weighted by Crippen LogP contribution is 2.45. The molecule has 0 aliphatic heterocycles. The first-order valence-corrected chi connectivity index (χ1v) is 9.54. The van der Waals surface area contributed by atoms with Crippen LogP contribution in [0.4, 0.5) is 0 Å². The highest BCUT2D eigenvalue weighted by Gasteiger charge is 2.18. The summed E-state index contributed by atoms with van der Waals surface area (Å²) < 4.78 is 23.6. The second kappa shape index (κ2) is 9.63. The highest BCUT2D eigenvalue weighted by molar-refractivity contribution is 5.57. The zero-order chi connectivity index (χ0) is 20.6.